The van der Waals surface area contributed by atoms with E-state index in [1.165, 1.54) is 12.1 Å². The van der Waals surface area contributed by atoms with E-state index < -0.39 is 0 Å². The lowest BCUT2D eigenvalue weighted by molar-refractivity contribution is 0.309. The first-order valence-electron chi connectivity index (χ1n) is 8.33. The minimum Gasteiger partial charge on any atom is -0.496 e. The second kappa shape index (κ2) is 7.95. The van der Waals surface area contributed by atoms with Gasteiger partial charge in [0.05, 0.1) is 12.7 Å². The molecule has 0 bridgehead atoms. The van der Waals surface area contributed by atoms with E-state index >= 15 is 0 Å². The molecule has 6 heteroatoms. The molecule has 3 rings (SSSR count). The van der Waals surface area contributed by atoms with Crippen LogP contribution < -0.4 is 10.1 Å². The molecule has 2 aromatic rings. The minimum atomic E-state index is -0.243. The third kappa shape index (κ3) is 4.25. The van der Waals surface area contributed by atoms with Crippen molar-refractivity contribution in [3.63, 3.8) is 0 Å². The summed E-state index contributed by atoms with van der Waals surface area (Å²) < 4.78 is 18.8. The van der Waals surface area contributed by atoms with Crippen molar-refractivity contribution in [3.8, 4) is 11.8 Å². The summed E-state index contributed by atoms with van der Waals surface area (Å²) in [4.78, 5) is 6.52. The smallest absolute Gasteiger partial charge is 0.143 e. The Morgan fingerprint density at radius 2 is 2.32 bits per heavy atom. The Labute approximate surface area is 147 Å². The predicted octanol–water partition coefficient (Wildman–Crippen LogP) is 3.03. The van der Waals surface area contributed by atoms with Crippen molar-refractivity contribution in [3.05, 3.63) is 53.5 Å². The molecule has 0 aliphatic carbocycles. The second-order valence-corrected chi connectivity index (χ2v) is 6.24. The summed E-state index contributed by atoms with van der Waals surface area (Å²) in [6, 6.07) is 10.3. The molecule has 25 heavy (non-hydrogen) atoms. The van der Waals surface area contributed by atoms with Gasteiger partial charge in [0.25, 0.3) is 0 Å². The van der Waals surface area contributed by atoms with Crippen molar-refractivity contribution in [2.75, 3.05) is 32.1 Å². The van der Waals surface area contributed by atoms with Crippen LogP contribution in [-0.4, -0.2) is 36.6 Å². The summed E-state index contributed by atoms with van der Waals surface area (Å²) in [7, 11) is 1.60. The van der Waals surface area contributed by atoms with Crippen LogP contribution in [-0.2, 0) is 6.54 Å². The van der Waals surface area contributed by atoms with Crippen molar-refractivity contribution in [2.24, 2.45) is 5.92 Å². The molecule has 1 unspecified atom stereocenters. The molecule has 1 aliphatic rings. The Bertz CT molecular complexity index is 774. The van der Waals surface area contributed by atoms with E-state index in [9.17, 15) is 4.39 Å². The monoisotopic (exact) mass is 340 g/mol. The standard InChI is InChI=1S/C19H21FN4O/c1-25-18-5-4-17(20)9-16(18)13-24-8-6-14(12-24)11-23-19-15(10-21)3-2-7-22-19/h2-5,7,9,14H,6,8,11-13H2,1H3,(H,22,23). The highest BCUT2D eigenvalue weighted by atomic mass is 19.1. The molecule has 5 nitrogen and oxygen atoms in total. The average molecular weight is 340 g/mol. The number of nitrogens with one attached hydrogen (secondary N) is 1. The zero-order chi connectivity index (χ0) is 17.6. The summed E-state index contributed by atoms with van der Waals surface area (Å²) in [5.41, 5.74) is 1.43. The molecule has 0 saturated carbocycles. The number of benzene rings is 1. The molecule has 1 N–H and O–H groups in total. The third-order valence-electron chi connectivity index (χ3n) is 4.49. The van der Waals surface area contributed by atoms with Crippen LogP contribution in [0.1, 0.15) is 17.5 Å². The molecule has 0 radical (unpaired) electrons. The number of rotatable bonds is 6. The highest BCUT2D eigenvalue weighted by Crippen LogP contribution is 2.25. The molecule has 0 spiro atoms. The lowest BCUT2D eigenvalue weighted by Crippen LogP contribution is -2.23. The first-order chi connectivity index (χ1) is 12.2. The van der Waals surface area contributed by atoms with Crippen molar-refractivity contribution in [1.29, 1.82) is 5.26 Å². The zero-order valence-electron chi connectivity index (χ0n) is 14.2. The number of nitriles is 1. The van der Waals surface area contributed by atoms with Crippen molar-refractivity contribution < 1.29 is 9.13 Å². The van der Waals surface area contributed by atoms with Gasteiger partial charge in [0.2, 0.25) is 0 Å². The maximum absolute atomic E-state index is 13.5. The molecule has 2 heterocycles. The van der Waals surface area contributed by atoms with Crippen LogP contribution in [0.15, 0.2) is 36.5 Å². The number of hydrogen-bond donors (Lipinski definition) is 1. The number of halogens is 1. The molecule has 0 amide bonds. The van der Waals surface area contributed by atoms with E-state index in [0.29, 0.717) is 23.8 Å². The second-order valence-electron chi connectivity index (χ2n) is 6.24. The number of nitrogens with zero attached hydrogens (tertiary/aromatic N) is 3. The van der Waals surface area contributed by atoms with Crippen LogP contribution in [0.2, 0.25) is 0 Å². The molecule has 1 atom stereocenters. The molecule has 1 aromatic carbocycles. The van der Waals surface area contributed by atoms with Gasteiger partial charge in [-0.05, 0) is 49.2 Å². The number of methoxy groups -OCH3 is 1. The number of aromatic nitrogens is 1. The summed E-state index contributed by atoms with van der Waals surface area (Å²) in [5.74, 6) is 1.57. The van der Waals surface area contributed by atoms with E-state index in [1.54, 1.807) is 31.5 Å². The minimum absolute atomic E-state index is 0.243. The van der Waals surface area contributed by atoms with Gasteiger partial charge < -0.3 is 10.1 Å². The maximum atomic E-state index is 13.5. The van der Waals surface area contributed by atoms with E-state index in [2.05, 4.69) is 21.3 Å². The van der Waals surface area contributed by atoms with E-state index in [-0.39, 0.29) is 5.82 Å². The SMILES string of the molecule is COc1ccc(F)cc1CN1CCC(CNc2ncccc2C#N)C1. The number of pyridine rings is 1. The maximum Gasteiger partial charge on any atom is 0.143 e. The number of anilines is 1. The summed E-state index contributed by atoms with van der Waals surface area (Å²) in [6.45, 7) is 3.31. The lowest BCUT2D eigenvalue weighted by Gasteiger charge is -2.18. The molecular weight excluding hydrogens is 319 g/mol. The van der Waals surface area contributed by atoms with Gasteiger partial charge in [-0.25, -0.2) is 9.37 Å². The van der Waals surface area contributed by atoms with Crippen molar-refractivity contribution >= 4 is 5.82 Å². The molecule has 1 fully saturated rings. The van der Waals surface area contributed by atoms with Crippen LogP contribution in [0.4, 0.5) is 10.2 Å². The predicted molar refractivity (Wildman–Crippen MR) is 93.8 cm³/mol. The molecule has 1 aromatic heterocycles. The van der Waals surface area contributed by atoms with Gasteiger partial charge in [-0.15, -0.1) is 0 Å². The van der Waals surface area contributed by atoms with Gasteiger partial charge in [-0.2, -0.15) is 5.26 Å². The Kier molecular flexibility index (Phi) is 5.46. The van der Waals surface area contributed by atoms with Crippen LogP contribution in [0.25, 0.3) is 0 Å². The van der Waals surface area contributed by atoms with Gasteiger partial charge in [-0.3, -0.25) is 4.90 Å². The van der Waals surface area contributed by atoms with Crippen molar-refractivity contribution in [1.82, 2.24) is 9.88 Å². The van der Waals surface area contributed by atoms with Gasteiger partial charge in [0.15, 0.2) is 0 Å². The van der Waals surface area contributed by atoms with Crippen LogP contribution in [0.3, 0.4) is 0 Å². The van der Waals surface area contributed by atoms with Gasteiger partial charge in [0, 0.05) is 31.4 Å². The largest absolute Gasteiger partial charge is 0.496 e. The fraction of sp³-hybridized carbons (Fsp3) is 0.368. The normalized spacial score (nSPS) is 17.2. The Balaban J connectivity index is 1.56. The van der Waals surface area contributed by atoms with E-state index in [4.69, 9.17) is 10.00 Å². The first-order valence-corrected chi connectivity index (χ1v) is 8.33. The molecule has 1 aliphatic heterocycles. The fourth-order valence-electron chi connectivity index (χ4n) is 3.21. The van der Waals surface area contributed by atoms with Crippen molar-refractivity contribution in [2.45, 2.75) is 13.0 Å². The average Bonchev–Trinajstić information content (AvgIpc) is 3.08. The highest BCUT2D eigenvalue weighted by Gasteiger charge is 2.23. The first kappa shape index (κ1) is 17.2. The Morgan fingerprint density at radius 3 is 3.12 bits per heavy atom. The zero-order valence-corrected chi connectivity index (χ0v) is 14.2. The molecular formula is C19H21FN4O. The lowest BCUT2D eigenvalue weighted by atomic mass is 10.1. The van der Waals surface area contributed by atoms with Crippen LogP contribution >= 0.6 is 0 Å². The molecule has 130 valence electrons. The summed E-state index contributed by atoms with van der Waals surface area (Å²) in [5, 5.41) is 12.4. The highest BCUT2D eigenvalue weighted by molar-refractivity contribution is 5.51. The quantitative estimate of drug-likeness (QED) is 0.876. The van der Waals surface area contributed by atoms with E-state index in [1.807, 2.05) is 0 Å². The third-order valence-corrected chi connectivity index (χ3v) is 4.49. The molecule has 1 saturated heterocycles. The number of likely N-dealkylation sites (tertiary alicyclic amines) is 1. The van der Waals surface area contributed by atoms with Crippen LogP contribution in [0, 0.1) is 23.1 Å². The topological polar surface area (TPSA) is 61.2 Å². The van der Waals surface area contributed by atoms with E-state index in [0.717, 1.165) is 37.4 Å². The van der Waals surface area contributed by atoms with Gasteiger partial charge >= 0.3 is 0 Å². The Hall–Kier alpha value is -2.65. The number of ether oxygens (including phenoxy) is 1. The fourth-order valence-corrected chi connectivity index (χ4v) is 3.21. The van der Waals surface area contributed by atoms with Gasteiger partial charge in [-0.1, -0.05) is 0 Å². The van der Waals surface area contributed by atoms with Gasteiger partial charge in [0.1, 0.15) is 23.5 Å². The van der Waals surface area contributed by atoms with Crippen LogP contribution in [0.5, 0.6) is 5.75 Å². The Morgan fingerprint density at radius 1 is 1.44 bits per heavy atom. The summed E-state index contributed by atoms with van der Waals surface area (Å²) in [6.07, 6.45) is 2.74. The summed E-state index contributed by atoms with van der Waals surface area (Å²) >= 11 is 0. The number of hydrogen-bond acceptors (Lipinski definition) is 5.